The number of rotatable bonds is 5. The van der Waals surface area contributed by atoms with Gasteiger partial charge in [-0.2, -0.15) is 5.26 Å². The number of benzene rings is 1. The van der Waals surface area contributed by atoms with E-state index < -0.39 is 0 Å². The minimum Gasteiger partial charge on any atom is -0.508 e. The summed E-state index contributed by atoms with van der Waals surface area (Å²) in [5.74, 6) is 0.694. The van der Waals surface area contributed by atoms with Crippen LogP contribution in [-0.4, -0.2) is 60.1 Å². The van der Waals surface area contributed by atoms with Crippen molar-refractivity contribution < 1.29 is 14.6 Å². The molecule has 6 nitrogen and oxygen atoms in total. The maximum atomic E-state index is 12.0. The van der Waals surface area contributed by atoms with Gasteiger partial charge in [-0.25, -0.2) is 0 Å². The molecule has 0 saturated carbocycles. The van der Waals surface area contributed by atoms with Crippen LogP contribution in [0.15, 0.2) is 24.3 Å². The van der Waals surface area contributed by atoms with E-state index in [1.54, 1.807) is 17.0 Å². The molecule has 1 fully saturated rings. The van der Waals surface area contributed by atoms with Crippen molar-refractivity contribution in [2.75, 3.05) is 39.3 Å². The number of amides is 1. The number of nitrogens with zero attached hydrogens (tertiary/aromatic N) is 3. The second kappa shape index (κ2) is 7.50. The Labute approximate surface area is 124 Å². The number of carbonyl (C=O) groups excluding carboxylic acids is 1. The van der Waals surface area contributed by atoms with Crippen LogP contribution in [0.3, 0.4) is 0 Å². The zero-order valence-corrected chi connectivity index (χ0v) is 11.9. The van der Waals surface area contributed by atoms with Crippen molar-refractivity contribution in [3.63, 3.8) is 0 Å². The Morgan fingerprint density at radius 3 is 2.52 bits per heavy atom. The van der Waals surface area contributed by atoms with E-state index >= 15 is 0 Å². The summed E-state index contributed by atoms with van der Waals surface area (Å²) in [7, 11) is 0. The second-order valence-corrected chi connectivity index (χ2v) is 4.91. The van der Waals surface area contributed by atoms with Gasteiger partial charge >= 0.3 is 0 Å². The van der Waals surface area contributed by atoms with Crippen LogP contribution in [0.25, 0.3) is 0 Å². The number of ether oxygens (including phenoxy) is 1. The summed E-state index contributed by atoms with van der Waals surface area (Å²) in [6.45, 7) is 3.71. The van der Waals surface area contributed by atoms with Gasteiger partial charge in [-0.15, -0.1) is 0 Å². The van der Waals surface area contributed by atoms with E-state index in [1.807, 2.05) is 0 Å². The molecule has 1 aromatic carbocycles. The molecule has 1 N–H and O–H groups in total. The molecular weight excluding hydrogens is 270 g/mol. The third kappa shape index (κ3) is 4.65. The molecule has 112 valence electrons. The summed E-state index contributed by atoms with van der Waals surface area (Å²) in [5, 5.41) is 17.7. The van der Waals surface area contributed by atoms with Crippen molar-refractivity contribution in [1.29, 1.82) is 5.26 Å². The minimum absolute atomic E-state index is 0.00295. The number of aromatic hydroxyl groups is 1. The van der Waals surface area contributed by atoms with Crippen molar-refractivity contribution >= 4 is 5.91 Å². The lowest BCUT2D eigenvalue weighted by Crippen LogP contribution is -2.50. The van der Waals surface area contributed by atoms with Crippen LogP contribution in [0.2, 0.25) is 0 Å². The van der Waals surface area contributed by atoms with E-state index in [1.165, 1.54) is 12.1 Å². The van der Waals surface area contributed by atoms with Gasteiger partial charge in [0.25, 0.3) is 5.91 Å². The van der Waals surface area contributed by atoms with Crippen molar-refractivity contribution in [2.24, 2.45) is 0 Å². The maximum absolute atomic E-state index is 12.0. The number of hydrogen-bond donors (Lipinski definition) is 1. The molecule has 0 unspecified atom stereocenters. The van der Waals surface area contributed by atoms with Gasteiger partial charge in [-0.3, -0.25) is 9.69 Å². The predicted molar refractivity (Wildman–Crippen MR) is 76.9 cm³/mol. The fourth-order valence-corrected chi connectivity index (χ4v) is 2.21. The van der Waals surface area contributed by atoms with E-state index in [0.717, 1.165) is 19.6 Å². The van der Waals surface area contributed by atoms with Crippen LogP contribution in [0, 0.1) is 11.3 Å². The Morgan fingerprint density at radius 1 is 1.24 bits per heavy atom. The quantitative estimate of drug-likeness (QED) is 0.868. The average Bonchev–Trinajstić information content (AvgIpc) is 2.52. The highest BCUT2D eigenvalue weighted by Gasteiger charge is 2.20. The first-order valence-electron chi connectivity index (χ1n) is 6.98. The van der Waals surface area contributed by atoms with Crippen LogP contribution in [0.1, 0.15) is 6.42 Å². The Hall–Kier alpha value is -2.26. The van der Waals surface area contributed by atoms with Gasteiger partial charge in [0.2, 0.25) is 0 Å². The first-order chi connectivity index (χ1) is 10.2. The van der Waals surface area contributed by atoms with Gasteiger partial charge < -0.3 is 14.7 Å². The molecule has 0 aromatic heterocycles. The lowest BCUT2D eigenvalue weighted by Gasteiger charge is -2.34. The van der Waals surface area contributed by atoms with Crippen LogP contribution in [-0.2, 0) is 4.79 Å². The highest BCUT2D eigenvalue weighted by atomic mass is 16.5. The highest BCUT2D eigenvalue weighted by molar-refractivity contribution is 5.77. The average molecular weight is 289 g/mol. The van der Waals surface area contributed by atoms with Gasteiger partial charge in [0, 0.05) is 39.1 Å². The molecule has 2 rings (SSSR count). The smallest absolute Gasteiger partial charge is 0.260 e. The van der Waals surface area contributed by atoms with Crippen LogP contribution in [0.4, 0.5) is 0 Å². The van der Waals surface area contributed by atoms with Gasteiger partial charge in [0.1, 0.15) is 11.5 Å². The normalized spacial score (nSPS) is 15.5. The summed E-state index contributed by atoms with van der Waals surface area (Å²) >= 11 is 0. The zero-order valence-electron chi connectivity index (χ0n) is 11.9. The third-order valence-corrected chi connectivity index (χ3v) is 3.46. The standard InChI is InChI=1S/C15H19N3O3/c16-6-1-7-17-8-10-18(11-9-17)15(20)12-21-14-4-2-13(19)3-5-14/h2-5,19H,1,7-12H2. The molecule has 1 aromatic rings. The maximum Gasteiger partial charge on any atom is 0.260 e. The third-order valence-electron chi connectivity index (χ3n) is 3.46. The van der Waals surface area contributed by atoms with Gasteiger partial charge in [-0.1, -0.05) is 0 Å². The number of nitriles is 1. The van der Waals surface area contributed by atoms with Gasteiger partial charge in [0.05, 0.1) is 6.07 Å². The van der Waals surface area contributed by atoms with E-state index in [-0.39, 0.29) is 18.3 Å². The highest BCUT2D eigenvalue weighted by Crippen LogP contribution is 2.16. The van der Waals surface area contributed by atoms with E-state index in [4.69, 9.17) is 15.1 Å². The summed E-state index contributed by atoms with van der Waals surface area (Å²) in [6.07, 6.45) is 0.526. The molecule has 21 heavy (non-hydrogen) atoms. The van der Waals surface area contributed by atoms with Crippen molar-refractivity contribution in [3.8, 4) is 17.6 Å². The molecule has 0 aliphatic carbocycles. The van der Waals surface area contributed by atoms with E-state index in [9.17, 15) is 4.79 Å². The minimum atomic E-state index is -0.0389. The van der Waals surface area contributed by atoms with Crippen LogP contribution in [0.5, 0.6) is 11.5 Å². The molecule has 1 amide bonds. The molecule has 1 aliphatic heterocycles. The molecule has 1 saturated heterocycles. The zero-order chi connectivity index (χ0) is 15.1. The molecular formula is C15H19N3O3. The molecule has 1 aliphatic rings. The molecule has 1 heterocycles. The summed E-state index contributed by atoms with van der Waals surface area (Å²) in [5.41, 5.74) is 0. The fourth-order valence-electron chi connectivity index (χ4n) is 2.21. The van der Waals surface area contributed by atoms with E-state index in [0.29, 0.717) is 25.3 Å². The number of carbonyl (C=O) groups is 1. The van der Waals surface area contributed by atoms with Gasteiger partial charge in [0.15, 0.2) is 6.61 Å². The Balaban J connectivity index is 1.72. The molecule has 6 heteroatoms. The van der Waals surface area contributed by atoms with Crippen LogP contribution < -0.4 is 4.74 Å². The first-order valence-corrected chi connectivity index (χ1v) is 6.98. The fraction of sp³-hybridized carbons (Fsp3) is 0.467. The molecule has 0 atom stereocenters. The first kappa shape index (κ1) is 15.1. The Morgan fingerprint density at radius 2 is 1.90 bits per heavy atom. The summed E-state index contributed by atoms with van der Waals surface area (Å²) in [4.78, 5) is 16.0. The Bertz CT molecular complexity index is 502. The van der Waals surface area contributed by atoms with Crippen molar-refractivity contribution in [3.05, 3.63) is 24.3 Å². The predicted octanol–water partition coefficient (Wildman–Crippen LogP) is 0.829. The van der Waals surface area contributed by atoms with Crippen LogP contribution >= 0.6 is 0 Å². The number of phenols is 1. The SMILES string of the molecule is N#CCCN1CCN(C(=O)COc2ccc(O)cc2)CC1. The lowest BCUT2D eigenvalue weighted by atomic mass is 10.3. The van der Waals surface area contributed by atoms with E-state index in [2.05, 4.69) is 11.0 Å². The molecule has 0 radical (unpaired) electrons. The lowest BCUT2D eigenvalue weighted by molar-refractivity contribution is -0.135. The summed E-state index contributed by atoms with van der Waals surface area (Å²) in [6, 6.07) is 8.43. The number of piperazine rings is 1. The summed E-state index contributed by atoms with van der Waals surface area (Å²) < 4.78 is 5.41. The largest absolute Gasteiger partial charge is 0.508 e. The number of hydrogen-bond acceptors (Lipinski definition) is 5. The van der Waals surface area contributed by atoms with Gasteiger partial charge in [-0.05, 0) is 24.3 Å². The topological polar surface area (TPSA) is 76.8 Å². The molecule has 0 spiro atoms. The number of phenolic OH excluding ortho intramolecular Hbond substituents is 1. The Kier molecular flexibility index (Phi) is 5.41. The molecule has 0 bridgehead atoms. The van der Waals surface area contributed by atoms with Crippen molar-refractivity contribution in [1.82, 2.24) is 9.80 Å². The monoisotopic (exact) mass is 289 g/mol. The van der Waals surface area contributed by atoms with Crippen molar-refractivity contribution in [2.45, 2.75) is 6.42 Å². The second-order valence-electron chi connectivity index (χ2n) is 4.91.